The SMILES string of the molecule is C/C(=C\c1c(C)[nH]n(C2CCOCC2)c1=S)C(=O)N=C1CCC(N2CCN(C)CC2=O)CC1. The Bertz CT molecular complexity index is 1010. The molecule has 0 aromatic carbocycles. The monoisotopic (exact) mass is 473 g/mol. The van der Waals surface area contributed by atoms with E-state index >= 15 is 0 Å². The third-order valence-corrected chi connectivity index (χ3v) is 7.49. The zero-order valence-electron chi connectivity index (χ0n) is 19.9. The average Bonchev–Trinajstić information content (AvgIpc) is 3.08. The summed E-state index contributed by atoms with van der Waals surface area (Å²) >= 11 is 5.72. The predicted octanol–water partition coefficient (Wildman–Crippen LogP) is 3.29. The third-order valence-electron chi connectivity index (χ3n) is 7.08. The molecule has 3 aliphatic rings. The summed E-state index contributed by atoms with van der Waals surface area (Å²) in [5.41, 5.74) is 3.38. The molecule has 1 aromatic rings. The first-order valence-electron chi connectivity index (χ1n) is 12.0. The molecule has 180 valence electrons. The van der Waals surface area contributed by atoms with Crippen LogP contribution >= 0.6 is 12.2 Å². The number of piperazine rings is 1. The summed E-state index contributed by atoms with van der Waals surface area (Å²) in [5, 5.41) is 3.38. The molecule has 2 saturated heterocycles. The predicted molar refractivity (Wildman–Crippen MR) is 131 cm³/mol. The first kappa shape index (κ1) is 24.0. The van der Waals surface area contributed by atoms with Gasteiger partial charge >= 0.3 is 0 Å². The van der Waals surface area contributed by atoms with Crippen molar-refractivity contribution in [3.63, 3.8) is 0 Å². The molecule has 1 N–H and O–H groups in total. The largest absolute Gasteiger partial charge is 0.381 e. The summed E-state index contributed by atoms with van der Waals surface area (Å²) in [6.45, 7) is 7.49. The molecule has 0 unspecified atom stereocenters. The number of likely N-dealkylation sites (N-methyl/N-ethyl adjacent to an activating group) is 1. The van der Waals surface area contributed by atoms with Gasteiger partial charge in [-0.2, -0.15) is 0 Å². The highest BCUT2D eigenvalue weighted by Gasteiger charge is 2.30. The molecule has 1 aromatic heterocycles. The fourth-order valence-electron chi connectivity index (χ4n) is 5.01. The van der Waals surface area contributed by atoms with Gasteiger partial charge in [0.15, 0.2) is 0 Å². The van der Waals surface area contributed by atoms with Gasteiger partial charge in [-0.3, -0.25) is 19.2 Å². The van der Waals surface area contributed by atoms with Crippen LogP contribution in [0.4, 0.5) is 0 Å². The second kappa shape index (κ2) is 10.4. The fraction of sp³-hybridized carbons (Fsp3) is 0.667. The van der Waals surface area contributed by atoms with Crippen LogP contribution in [0.1, 0.15) is 62.7 Å². The van der Waals surface area contributed by atoms with Crippen molar-refractivity contribution in [1.29, 1.82) is 0 Å². The van der Waals surface area contributed by atoms with Crippen LogP contribution in [0.3, 0.4) is 0 Å². The Balaban J connectivity index is 1.39. The smallest absolute Gasteiger partial charge is 0.272 e. The minimum Gasteiger partial charge on any atom is -0.381 e. The van der Waals surface area contributed by atoms with Crippen LogP contribution in [0.15, 0.2) is 10.6 Å². The maximum absolute atomic E-state index is 12.8. The molecule has 0 bridgehead atoms. The lowest BCUT2D eigenvalue weighted by Crippen LogP contribution is -2.53. The van der Waals surface area contributed by atoms with Crippen molar-refractivity contribution in [2.24, 2.45) is 4.99 Å². The number of amides is 2. The van der Waals surface area contributed by atoms with Crippen molar-refractivity contribution < 1.29 is 14.3 Å². The first-order chi connectivity index (χ1) is 15.8. The van der Waals surface area contributed by atoms with Crippen molar-refractivity contribution in [1.82, 2.24) is 19.6 Å². The van der Waals surface area contributed by atoms with Crippen molar-refractivity contribution in [3.05, 3.63) is 21.5 Å². The van der Waals surface area contributed by atoms with Crippen LogP contribution < -0.4 is 0 Å². The number of carbonyl (C=O) groups excluding carboxylic acids is 2. The van der Waals surface area contributed by atoms with Crippen LogP contribution in [0.2, 0.25) is 0 Å². The number of aliphatic imine (C=N–C) groups is 1. The van der Waals surface area contributed by atoms with Gasteiger partial charge in [-0.1, -0.05) is 12.2 Å². The van der Waals surface area contributed by atoms with Crippen molar-refractivity contribution >= 4 is 35.8 Å². The van der Waals surface area contributed by atoms with Gasteiger partial charge in [-0.05, 0) is 65.5 Å². The van der Waals surface area contributed by atoms with E-state index < -0.39 is 0 Å². The van der Waals surface area contributed by atoms with E-state index in [9.17, 15) is 9.59 Å². The fourth-order valence-corrected chi connectivity index (χ4v) is 5.42. The second-order valence-corrected chi connectivity index (χ2v) is 9.92. The number of aromatic amines is 1. The maximum atomic E-state index is 12.8. The molecule has 8 nitrogen and oxygen atoms in total. The highest BCUT2D eigenvalue weighted by atomic mass is 32.1. The van der Waals surface area contributed by atoms with Gasteiger partial charge in [0.25, 0.3) is 5.91 Å². The lowest BCUT2D eigenvalue weighted by atomic mass is 9.92. The molecule has 3 fully saturated rings. The number of aromatic nitrogens is 2. The summed E-state index contributed by atoms with van der Waals surface area (Å²) in [4.78, 5) is 33.7. The number of ether oxygens (including phenoxy) is 1. The van der Waals surface area contributed by atoms with E-state index in [1.807, 2.05) is 29.6 Å². The molecular weight excluding hydrogens is 438 g/mol. The van der Waals surface area contributed by atoms with Crippen LogP contribution in [0.5, 0.6) is 0 Å². The number of carbonyl (C=O) groups is 2. The summed E-state index contributed by atoms with van der Waals surface area (Å²) in [6.07, 6.45) is 7.02. The van der Waals surface area contributed by atoms with Crippen LogP contribution in [0.25, 0.3) is 6.08 Å². The Labute approximate surface area is 200 Å². The first-order valence-corrected chi connectivity index (χ1v) is 12.4. The Morgan fingerprint density at radius 3 is 2.52 bits per heavy atom. The number of nitrogens with one attached hydrogen (secondary N) is 1. The number of nitrogens with zero attached hydrogens (tertiary/aromatic N) is 4. The molecule has 1 aliphatic carbocycles. The summed E-state index contributed by atoms with van der Waals surface area (Å²) in [7, 11) is 1.98. The standard InChI is InChI=1S/C24H35N5O3S/c1-16(14-21-17(2)26-29(24(21)33)20-8-12-32-13-9-20)23(31)25-18-4-6-19(7-5-18)28-11-10-27(3)15-22(28)30/h14,19-20,26H,4-13,15H2,1-3H3/b16-14+,25-18?. The molecule has 0 atom stereocenters. The van der Waals surface area contributed by atoms with Crippen LogP contribution in [0, 0.1) is 11.6 Å². The molecule has 2 aliphatic heterocycles. The Kier molecular flexibility index (Phi) is 7.61. The minimum absolute atomic E-state index is 0.202. The normalized spacial score (nSPS) is 23.8. The van der Waals surface area contributed by atoms with Gasteiger partial charge in [0.05, 0.1) is 12.6 Å². The Morgan fingerprint density at radius 1 is 1.15 bits per heavy atom. The van der Waals surface area contributed by atoms with E-state index in [0.29, 0.717) is 18.2 Å². The molecule has 3 heterocycles. The highest BCUT2D eigenvalue weighted by Crippen LogP contribution is 2.26. The van der Waals surface area contributed by atoms with E-state index in [2.05, 4.69) is 15.0 Å². The number of H-pyrrole nitrogens is 1. The van der Waals surface area contributed by atoms with E-state index in [0.717, 1.165) is 86.4 Å². The van der Waals surface area contributed by atoms with Gasteiger partial charge in [0, 0.05) is 54.9 Å². The van der Waals surface area contributed by atoms with Crippen LogP contribution in [-0.2, 0) is 14.3 Å². The molecule has 4 rings (SSSR count). The molecule has 2 amide bonds. The quantitative estimate of drug-likeness (QED) is 0.536. The third kappa shape index (κ3) is 5.53. The summed E-state index contributed by atoms with van der Waals surface area (Å²) in [5.74, 6) is 0.00955. The average molecular weight is 474 g/mol. The van der Waals surface area contributed by atoms with Crippen molar-refractivity contribution in [2.75, 3.05) is 39.9 Å². The zero-order valence-corrected chi connectivity index (χ0v) is 20.7. The highest BCUT2D eigenvalue weighted by molar-refractivity contribution is 7.71. The molecule has 9 heteroatoms. The summed E-state index contributed by atoms with van der Waals surface area (Å²) < 4.78 is 8.24. The summed E-state index contributed by atoms with van der Waals surface area (Å²) in [6, 6.07) is 0.577. The van der Waals surface area contributed by atoms with Crippen molar-refractivity contribution in [3.8, 4) is 0 Å². The zero-order chi connectivity index (χ0) is 23.5. The number of rotatable bonds is 4. The van der Waals surface area contributed by atoms with Gasteiger partial charge in [-0.15, -0.1) is 0 Å². The molecule has 33 heavy (non-hydrogen) atoms. The number of aryl methyl sites for hydroxylation is 1. The topological polar surface area (TPSA) is 82.9 Å². The van der Waals surface area contributed by atoms with Gasteiger partial charge in [0.2, 0.25) is 5.91 Å². The van der Waals surface area contributed by atoms with E-state index in [-0.39, 0.29) is 17.9 Å². The maximum Gasteiger partial charge on any atom is 0.272 e. The minimum atomic E-state index is -0.202. The van der Waals surface area contributed by atoms with Crippen molar-refractivity contribution in [2.45, 2.75) is 64.5 Å². The number of hydrogen-bond donors (Lipinski definition) is 1. The Morgan fingerprint density at radius 2 is 1.85 bits per heavy atom. The molecule has 0 spiro atoms. The van der Waals surface area contributed by atoms with E-state index in [4.69, 9.17) is 17.0 Å². The molecule has 1 saturated carbocycles. The molecule has 0 radical (unpaired) electrons. The van der Waals surface area contributed by atoms with Gasteiger partial charge < -0.3 is 14.7 Å². The second-order valence-electron chi connectivity index (χ2n) is 9.54. The van der Waals surface area contributed by atoms with E-state index in [1.54, 1.807) is 6.92 Å². The lowest BCUT2D eigenvalue weighted by molar-refractivity contribution is -0.138. The molecular formula is C24H35N5O3S. The van der Waals surface area contributed by atoms with E-state index in [1.165, 1.54) is 0 Å². The van der Waals surface area contributed by atoms with Gasteiger partial charge in [-0.25, -0.2) is 4.99 Å². The lowest BCUT2D eigenvalue weighted by Gasteiger charge is -2.39. The van der Waals surface area contributed by atoms with Gasteiger partial charge in [0.1, 0.15) is 4.64 Å². The number of hydrogen-bond acceptors (Lipinski definition) is 5. The Hall–Kier alpha value is -2.10. The van der Waals surface area contributed by atoms with Crippen LogP contribution in [-0.4, -0.2) is 83.0 Å².